The molecule has 2 aromatic rings. The van der Waals surface area contributed by atoms with Gasteiger partial charge < -0.3 is 15.2 Å². The molecule has 0 unspecified atom stereocenters. The molecule has 21 heavy (non-hydrogen) atoms. The number of hydrogen-bond acceptors (Lipinski definition) is 3. The van der Waals surface area contributed by atoms with Crippen LogP contribution in [0.5, 0.6) is 5.75 Å². The first kappa shape index (κ1) is 14.6. The molecule has 0 atom stereocenters. The van der Waals surface area contributed by atoms with Crippen LogP contribution in [-0.2, 0) is 11.4 Å². The highest BCUT2D eigenvalue weighted by atomic mass is 16.5. The molecule has 0 spiro atoms. The number of aliphatic hydroxyl groups is 1. The van der Waals surface area contributed by atoms with Crippen LogP contribution < -0.4 is 10.1 Å². The molecular weight excluding hydrogens is 266 g/mol. The van der Waals surface area contributed by atoms with Crippen LogP contribution in [0.15, 0.2) is 48.5 Å². The standard InChI is InChI=1S/C17H15NO3/c1-21-16-9-8-15(11-14(16)12-19)18-17(20)10-7-13-5-3-2-4-6-13/h2-6,8-9,11,19H,12H2,1H3,(H,18,20). The summed E-state index contributed by atoms with van der Waals surface area (Å²) in [5, 5.41) is 11.9. The van der Waals surface area contributed by atoms with E-state index in [0.29, 0.717) is 17.0 Å². The molecule has 0 saturated heterocycles. The van der Waals surface area contributed by atoms with E-state index in [9.17, 15) is 9.90 Å². The van der Waals surface area contributed by atoms with Crippen molar-refractivity contribution in [3.8, 4) is 17.6 Å². The lowest BCUT2D eigenvalue weighted by Crippen LogP contribution is -2.09. The predicted molar refractivity (Wildman–Crippen MR) is 80.9 cm³/mol. The number of nitrogens with one attached hydrogen (secondary N) is 1. The average molecular weight is 281 g/mol. The number of anilines is 1. The van der Waals surface area contributed by atoms with E-state index in [1.54, 1.807) is 18.2 Å². The summed E-state index contributed by atoms with van der Waals surface area (Å²) in [6.07, 6.45) is 0. The van der Waals surface area contributed by atoms with Gasteiger partial charge in [0.25, 0.3) is 0 Å². The van der Waals surface area contributed by atoms with Gasteiger partial charge in [0.1, 0.15) is 5.75 Å². The van der Waals surface area contributed by atoms with Gasteiger partial charge in [0.05, 0.1) is 13.7 Å². The molecule has 4 heteroatoms. The predicted octanol–water partition coefficient (Wildman–Crippen LogP) is 2.18. The maximum Gasteiger partial charge on any atom is 0.300 e. The maximum atomic E-state index is 11.8. The molecule has 0 radical (unpaired) electrons. The first-order valence-corrected chi connectivity index (χ1v) is 6.38. The van der Waals surface area contributed by atoms with Crippen molar-refractivity contribution in [3.63, 3.8) is 0 Å². The highest BCUT2D eigenvalue weighted by molar-refractivity contribution is 6.04. The summed E-state index contributed by atoms with van der Waals surface area (Å²) in [6.45, 7) is -0.164. The van der Waals surface area contributed by atoms with E-state index >= 15 is 0 Å². The Balaban J connectivity index is 2.08. The highest BCUT2D eigenvalue weighted by Gasteiger charge is 2.05. The van der Waals surface area contributed by atoms with Gasteiger partial charge in [-0.2, -0.15) is 0 Å². The van der Waals surface area contributed by atoms with E-state index in [0.717, 1.165) is 5.56 Å². The SMILES string of the molecule is COc1ccc(NC(=O)C#Cc2ccccc2)cc1CO. The van der Waals surface area contributed by atoms with Gasteiger partial charge in [0.2, 0.25) is 0 Å². The molecule has 106 valence electrons. The summed E-state index contributed by atoms with van der Waals surface area (Å²) in [5.74, 6) is 5.46. The second-order valence-corrected chi connectivity index (χ2v) is 4.25. The zero-order chi connectivity index (χ0) is 15.1. The van der Waals surface area contributed by atoms with Crippen molar-refractivity contribution >= 4 is 11.6 Å². The molecule has 0 fully saturated rings. The molecule has 2 aromatic carbocycles. The fraction of sp³-hybridized carbons (Fsp3) is 0.118. The molecule has 0 aliphatic rings. The molecule has 4 nitrogen and oxygen atoms in total. The topological polar surface area (TPSA) is 58.6 Å². The normalized spacial score (nSPS) is 9.43. The Morgan fingerprint density at radius 3 is 2.67 bits per heavy atom. The third-order valence-corrected chi connectivity index (χ3v) is 2.80. The summed E-state index contributed by atoms with van der Waals surface area (Å²) in [6, 6.07) is 14.3. The largest absolute Gasteiger partial charge is 0.496 e. The second kappa shape index (κ2) is 7.13. The molecule has 1 amide bonds. The molecule has 0 bridgehead atoms. The Hall–Kier alpha value is -2.77. The number of carbonyl (C=O) groups is 1. The molecule has 0 aliphatic carbocycles. The molecule has 2 N–H and O–H groups in total. The van der Waals surface area contributed by atoms with Crippen molar-refractivity contribution in [3.05, 3.63) is 59.7 Å². The van der Waals surface area contributed by atoms with Gasteiger partial charge in [-0.3, -0.25) is 4.79 Å². The molecular formula is C17H15NO3. The van der Waals surface area contributed by atoms with Crippen LogP contribution in [0.3, 0.4) is 0 Å². The van der Waals surface area contributed by atoms with E-state index < -0.39 is 5.91 Å². The second-order valence-electron chi connectivity index (χ2n) is 4.25. The third kappa shape index (κ3) is 4.10. The van der Waals surface area contributed by atoms with E-state index in [4.69, 9.17) is 4.74 Å². The van der Waals surface area contributed by atoms with Crippen LogP contribution in [0, 0.1) is 11.8 Å². The number of rotatable bonds is 3. The lowest BCUT2D eigenvalue weighted by Gasteiger charge is -2.08. The zero-order valence-corrected chi connectivity index (χ0v) is 11.6. The van der Waals surface area contributed by atoms with Gasteiger partial charge in [0, 0.05) is 22.7 Å². The van der Waals surface area contributed by atoms with E-state index in [2.05, 4.69) is 17.2 Å². The Morgan fingerprint density at radius 2 is 2.00 bits per heavy atom. The smallest absolute Gasteiger partial charge is 0.300 e. The monoisotopic (exact) mass is 281 g/mol. The molecule has 0 aliphatic heterocycles. The quantitative estimate of drug-likeness (QED) is 0.848. The van der Waals surface area contributed by atoms with Crippen molar-refractivity contribution in [2.75, 3.05) is 12.4 Å². The Kier molecular flexibility index (Phi) is 4.97. The Morgan fingerprint density at radius 1 is 1.24 bits per heavy atom. The van der Waals surface area contributed by atoms with Gasteiger partial charge in [-0.1, -0.05) is 24.1 Å². The number of methoxy groups -OCH3 is 1. The van der Waals surface area contributed by atoms with Crippen molar-refractivity contribution in [2.24, 2.45) is 0 Å². The summed E-state index contributed by atoms with van der Waals surface area (Å²) in [4.78, 5) is 11.8. The first-order chi connectivity index (χ1) is 10.2. The minimum absolute atomic E-state index is 0.164. The lowest BCUT2D eigenvalue weighted by molar-refractivity contribution is -0.111. The fourth-order valence-electron chi connectivity index (χ4n) is 1.79. The van der Waals surface area contributed by atoms with Crippen molar-refractivity contribution in [1.29, 1.82) is 0 Å². The van der Waals surface area contributed by atoms with Gasteiger partial charge in [-0.25, -0.2) is 0 Å². The number of carbonyl (C=O) groups excluding carboxylic acids is 1. The summed E-state index contributed by atoms with van der Waals surface area (Å²) in [7, 11) is 1.53. The maximum absolute atomic E-state index is 11.8. The van der Waals surface area contributed by atoms with Crippen molar-refractivity contribution in [1.82, 2.24) is 0 Å². The van der Waals surface area contributed by atoms with Crippen LogP contribution >= 0.6 is 0 Å². The number of amides is 1. The number of hydrogen-bond donors (Lipinski definition) is 2. The number of benzene rings is 2. The lowest BCUT2D eigenvalue weighted by atomic mass is 10.2. The van der Waals surface area contributed by atoms with Crippen LogP contribution in [0.4, 0.5) is 5.69 Å². The zero-order valence-electron chi connectivity index (χ0n) is 11.6. The van der Waals surface area contributed by atoms with Crippen molar-refractivity contribution in [2.45, 2.75) is 6.61 Å². The third-order valence-electron chi connectivity index (χ3n) is 2.80. The average Bonchev–Trinajstić information content (AvgIpc) is 2.53. The summed E-state index contributed by atoms with van der Waals surface area (Å²) >= 11 is 0. The van der Waals surface area contributed by atoms with Crippen LogP contribution in [0.25, 0.3) is 0 Å². The van der Waals surface area contributed by atoms with E-state index in [1.165, 1.54) is 7.11 Å². The van der Waals surface area contributed by atoms with E-state index in [1.807, 2.05) is 30.3 Å². The molecule has 0 heterocycles. The van der Waals surface area contributed by atoms with Crippen LogP contribution in [0.2, 0.25) is 0 Å². The molecule has 0 saturated carbocycles. The highest BCUT2D eigenvalue weighted by Crippen LogP contribution is 2.22. The minimum atomic E-state index is -0.409. The van der Waals surface area contributed by atoms with Gasteiger partial charge in [0.15, 0.2) is 0 Å². The van der Waals surface area contributed by atoms with E-state index in [-0.39, 0.29) is 6.61 Å². The van der Waals surface area contributed by atoms with Gasteiger partial charge in [-0.15, -0.1) is 0 Å². The minimum Gasteiger partial charge on any atom is -0.496 e. The van der Waals surface area contributed by atoms with Crippen LogP contribution in [0.1, 0.15) is 11.1 Å². The summed E-state index contributed by atoms with van der Waals surface area (Å²) < 4.78 is 5.10. The van der Waals surface area contributed by atoms with Gasteiger partial charge in [-0.05, 0) is 30.3 Å². The van der Waals surface area contributed by atoms with Crippen LogP contribution in [-0.4, -0.2) is 18.1 Å². The number of ether oxygens (including phenoxy) is 1. The Bertz CT molecular complexity index is 684. The number of aliphatic hydroxyl groups excluding tert-OH is 1. The first-order valence-electron chi connectivity index (χ1n) is 6.38. The molecule has 2 rings (SSSR count). The van der Waals surface area contributed by atoms with Crippen molar-refractivity contribution < 1.29 is 14.6 Å². The summed E-state index contributed by atoms with van der Waals surface area (Å²) in [5.41, 5.74) is 1.94. The Labute approximate surface area is 123 Å². The van der Waals surface area contributed by atoms with Gasteiger partial charge >= 0.3 is 5.91 Å². The molecule has 0 aromatic heterocycles. The fourth-order valence-corrected chi connectivity index (χ4v) is 1.79.